The molecule has 1 fully saturated rings. The summed E-state index contributed by atoms with van der Waals surface area (Å²) in [6.07, 6.45) is 5.22. The Bertz CT molecular complexity index is 334. The van der Waals surface area contributed by atoms with Crippen molar-refractivity contribution in [3.8, 4) is 5.75 Å². The first-order valence-electron chi connectivity index (χ1n) is 5.47. The van der Waals surface area contributed by atoms with Gasteiger partial charge >= 0.3 is 0 Å². The highest BCUT2D eigenvalue weighted by Crippen LogP contribution is 2.27. The van der Waals surface area contributed by atoms with Gasteiger partial charge in [0.1, 0.15) is 5.75 Å². The Morgan fingerprint density at radius 3 is 2.80 bits per heavy atom. The maximum absolute atomic E-state index is 9.78. The van der Waals surface area contributed by atoms with E-state index in [0.717, 1.165) is 16.6 Å². The third-order valence-electron chi connectivity index (χ3n) is 3.01. The van der Waals surface area contributed by atoms with Gasteiger partial charge in [0.2, 0.25) is 0 Å². The van der Waals surface area contributed by atoms with E-state index < -0.39 is 0 Å². The molecule has 0 amide bonds. The van der Waals surface area contributed by atoms with Crippen LogP contribution in [-0.4, -0.2) is 11.1 Å². The van der Waals surface area contributed by atoms with Crippen molar-refractivity contribution in [2.24, 2.45) is 0 Å². The van der Waals surface area contributed by atoms with Crippen LogP contribution < -0.4 is 5.32 Å². The average molecular weight is 270 g/mol. The highest BCUT2D eigenvalue weighted by Gasteiger charge is 2.14. The number of rotatable bonds is 3. The molecule has 0 aliphatic heterocycles. The van der Waals surface area contributed by atoms with Crippen LogP contribution in [0.3, 0.4) is 0 Å². The molecule has 15 heavy (non-hydrogen) atoms. The first-order chi connectivity index (χ1) is 7.27. The van der Waals surface area contributed by atoms with Gasteiger partial charge in [0.25, 0.3) is 0 Å². The molecule has 1 aromatic rings. The van der Waals surface area contributed by atoms with Gasteiger partial charge in [0.15, 0.2) is 0 Å². The molecule has 1 aliphatic carbocycles. The minimum Gasteiger partial charge on any atom is -0.506 e. The van der Waals surface area contributed by atoms with Crippen molar-refractivity contribution in [2.45, 2.75) is 38.3 Å². The standard InChI is InChI=1S/C12H16BrNO/c13-11-7-3-4-9(12(11)15)8-14-10-5-1-2-6-10/h3-4,7,10,14-15H,1-2,5-6,8H2. The molecule has 0 heterocycles. The fraction of sp³-hybridized carbons (Fsp3) is 0.500. The van der Waals surface area contributed by atoms with E-state index in [1.54, 1.807) is 0 Å². The van der Waals surface area contributed by atoms with Gasteiger partial charge in [-0.05, 0) is 34.8 Å². The van der Waals surface area contributed by atoms with E-state index >= 15 is 0 Å². The topological polar surface area (TPSA) is 32.3 Å². The van der Waals surface area contributed by atoms with Gasteiger partial charge in [-0.25, -0.2) is 0 Å². The Morgan fingerprint density at radius 1 is 1.33 bits per heavy atom. The van der Waals surface area contributed by atoms with Gasteiger partial charge in [0, 0.05) is 18.2 Å². The second-order valence-corrected chi connectivity index (χ2v) is 4.96. The predicted molar refractivity (Wildman–Crippen MR) is 64.9 cm³/mol. The monoisotopic (exact) mass is 269 g/mol. The second-order valence-electron chi connectivity index (χ2n) is 4.11. The fourth-order valence-corrected chi connectivity index (χ4v) is 2.49. The van der Waals surface area contributed by atoms with Crippen LogP contribution in [-0.2, 0) is 6.54 Å². The third kappa shape index (κ3) is 2.73. The number of phenols is 1. The number of benzene rings is 1. The van der Waals surface area contributed by atoms with Crippen molar-refractivity contribution in [3.05, 3.63) is 28.2 Å². The zero-order chi connectivity index (χ0) is 10.7. The molecule has 0 bridgehead atoms. The Labute approximate surface area is 98.8 Å². The summed E-state index contributed by atoms with van der Waals surface area (Å²) in [4.78, 5) is 0. The van der Waals surface area contributed by atoms with Crippen LogP contribution >= 0.6 is 15.9 Å². The number of hydrogen-bond acceptors (Lipinski definition) is 2. The largest absolute Gasteiger partial charge is 0.506 e. The molecular weight excluding hydrogens is 254 g/mol. The van der Waals surface area contributed by atoms with Crippen molar-refractivity contribution in [3.63, 3.8) is 0 Å². The second kappa shape index (κ2) is 4.99. The number of hydrogen-bond donors (Lipinski definition) is 2. The third-order valence-corrected chi connectivity index (χ3v) is 3.65. The van der Waals surface area contributed by atoms with Crippen LogP contribution in [0.1, 0.15) is 31.2 Å². The van der Waals surface area contributed by atoms with E-state index in [1.165, 1.54) is 25.7 Å². The Kier molecular flexibility index (Phi) is 3.65. The van der Waals surface area contributed by atoms with Gasteiger partial charge < -0.3 is 10.4 Å². The molecule has 2 nitrogen and oxygen atoms in total. The molecule has 0 aromatic heterocycles. The highest BCUT2D eigenvalue weighted by molar-refractivity contribution is 9.10. The molecule has 0 spiro atoms. The molecule has 0 unspecified atom stereocenters. The maximum Gasteiger partial charge on any atom is 0.134 e. The van der Waals surface area contributed by atoms with Gasteiger partial charge in [-0.1, -0.05) is 25.0 Å². The summed E-state index contributed by atoms with van der Waals surface area (Å²) in [5.41, 5.74) is 0.969. The van der Waals surface area contributed by atoms with Crippen molar-refractivity contribution in [1.82, 2.24) is 5.32 Å². The summed E-state index contributed by atoms with van der Waals surface area (Å²) in [7, 11) is 0. The summed E-state index contributed by atoms with van der Waals surface area (Å²) in [6.45, 7) is 0.760. The summed E-state index contributed by atoms with van der Waals surface area (Å²) in [6, 6.07) is 6.41. The zero-order valence-electron chi connectivity index (χ0n) is 8.67. The average Bonchev–Trinajstić information content (AvgIpc) is 2.73. The van der Waals surface area contributed by atoms with Crippen LogP contribution in [0, 0.1) is 0 Å². The van der Waals surface area contributed by atoms with Crippen molar-refractivity contribution < 1.29 is 5.11 Å². The maximum atomic E-state index is 9.78. The summed E-state index contributed by atoms with van der Waals surface area (Å²) >= 11 is 3.32. The summed E-state index contributed by atoms with van der Waals surface area (Å²) in [5, 5.41) is 13.3. The highest BCUT2D eigenvalue weighted by atomic mass is 79.9. The molecule has 1 saturated carbocycles. The van der Waals surface area contributed by atoms with Crippen LogP contribution in [0.2, 0.25) is 0 Å². The molecule has 3 heteroatoms. The van der Waals surface area contributed by atoms with Crippen molar-refractivity contribution >= 4 is 15.9 Å². The number of phenolic OH excluding ortho intramolecular Hbond substituents is 1. The minimum atomic E-state index is 0.364. The Morgan fingerprint density at radius 2 is 2.07 bits per heavy atom. The predicted octanol–water partition coefficient (Wildman–Crippen LogP) is 3.19. The van der Waals surface area contributed by atoms with Gasteiger partial charge in [-0.15, -0.1) is 0 Å². The van der Waals surface area contributed by atoms with E-state index in [4.69, 9.17) is 0 Å². The molecular formula is C12H16BrNO. The van der Waals surface area contributed by atoms with Crippen LogP contribution in [0.15, 0.2) is 22.7 Å². The van der Waals surface area contributed by atoms with E-state index in [0.29, 0.717) is 11.8 Å². The molecule has 0 radical (unpaired) electrons. The molecule has 82 valence electrons. The van der Waals surface area contributed by atoms with Crippen LogP contribution in [0.5, 0.6) is 5.75 Å². The molecule has 1 aromatic carbocycles. The molecule has 0 atom stereocenters. The minimum absolute atomic E-state index is 0.364. The van der Waals surface area contributed by atoms with E-state index in [9.17, 15) is 5.11 Å². The molecule has 1 aliphatic rings. The van der Waals surface area contributed by atoms with Gasteiger partial charge in [-0.3, -0.25) is 0 Å². The van der Waals surface area contributed by atoms with Crippen molar-refractivity contribution in [2.75, 3.05) is 0 Å². The van der Waals surface area contributed by atoms with E-state index in [1.807, 2.05) is 18.2 Å². The normalized spacial score (nSPS) is 17.1. The zero-order valence-corrected chi connectivity index (χ0v) is 10.3. The summed E-state index contributed by atoms with van der Waals surface area (Å²) in [5.74, 6) is 0.364. The van der Waals surface area contributed by atoms with E-state index in [-0.39, 0.29) is 0 Å². The first-order valence-corrected chi connectivity index (χ1v) is 6.26. The number of aromatic hydroxyl groups is 1. The smallest absolute Gasteiger partial charge is 0.134 e. The van der Waals surface area contributed by atoms with Gasteiger partial charge in [0.05, 0.1) is 4.47 Å². The molecule has 2 rings (SSSR count). The number of halogens is 1. The van der Waals surface area contributed by atoms with E-state index in [2.05, 4.69) is 21.2 Å². The number of para-hydroxylation sites is 1. The Balaban J connectivity index is 1.95. The fourth-order valence-electron chi connectivity index (χ4n) is 2.09. The summed E-state index contributed by atoms with van der Waals surface area (Å²) < 4.78 is 0.772. The quantitative estimate of drug-likeness (QED) is 0.884. The van der Waals surface area contributed by atoms with Crippen LogP contribution in [0.4, 0.5) is 0 Å². The van der Waals surface area contributed by atoms with Crippen LogP contribution in [0.25, 0.3) is 0 Å². The molecule has 2 N–H and O–H groups in total. The molecule has 0 saturated heterocycles. The SMILES string of the molecule is Oc1c(Br)cccc1CNC1CCCC1. The van der Waals surface area contributed by atoms with Gasteiger partial charge in [-0.2, -0.15) is 0 Å². The lowest BCUT2D eigenvalue weighted by atomic mass is 10.2. The first kappa shape index (κ1) is 11.0. The lowest BCUT2D eigenvalue weighted by molar-refractivity contribution is 0.453. The lowest BCUT2D eigenvalue weighted by Crippen LogP contribution is -2.25. The Hall–Kier alpha value is -0.540. The number of nitrogens with one attached hydrogen (secondary N) is 1. The lowest BCUT2D eigenvalue weighted by Gasteiger charge is -2.12. The van der Waals surface area contributed by atoms with Crippen molar-refractivity contribution in [1.29, 1.82) is 0 Å².